The second-order valence-electron chi connectivity index (χ2n) is 6.17. The number of fused-ring (bicyclic) bond motifs is 1. The van der Waals surface area contributed by atoms with Gasteiger partial charge in [0.2, 0.25) is 0 Å². The Morgan fingerprint density at radius 1 is 1.18 bits per heavy atom. The number of hydrogen-bond donors (Lipinski definition) is 1. The van der Waals surface area contributed by atoms with Crippen molar-refractivity contribution in [3.05, 3.63) is 58.2 Å². The molecule has 0 fully saturated rings. The fourth-order valence-electron chi connectivity index (χ4n) is 2.85. The van der Waals surface area contributed by atoms with Gasteiger partial charge in [0, 0.05) is 21.6 Å². The van der Waals surface area contributed by atoms with E-state index in [2.05, 4.69) is 15.9 Å². The SMILES string of the molecule is CC(=O)c1cn(S(=O)(=O)c2ccc(OCC(=O)O)c(C)c2)c2ccc(Br)cc12. The Bertz CT molecular complexity index is 1210. The van der Waals surface area contributed by atoms with Gasteiger partial charge in [-0.1, -0.05) is 15.9 Å². The van der Waals surface area contributed by atoms with Gasteiger partial charge in [-0.2, -0.15) is 0 Å². The van der Waals surface area contributed by atoms with E-state index >= 15 is 0 Å². The summed E-state index contributed by atoms with van der Waals surface area (Å²) in [7, 11) is -3.98. The number of carbonyl (C=O) groups is 2. The molecule has 0 aliphatic rings. The number of ketones is 1. The Morgan fingerprint density at radius 2 is 1.89 bits per heavy atom. The predicted molar refractivity (Wildman–Crippen MR) is 107 cm³/mol. The fourth-order valence-corrected chi connectivity index (χ4v) is 4.67. The molecular formula is C19H16BrNO6S. The molecule has 0 saturated heterocycles. The van der Waals surface area contributed by atoms with Crippen LogP contribution in [0.4, 0.5) is 0 Å². The highest BCUT2D eigenvalue weighted by molar-refractivity contribution is 9.10. The topological polar surface area (TPSA) is 103 Å². The largest absolute Gasteiger partial charge is 0.482 e. The lowest BCUT2D eigenvalue weighted by Gasteiger charge is -2.11. The normalized spacial score (nSPS) is 11.5. The average molecular weight is 466 g/mol. The van der Waals surface area contributed by atoms with Gasteiger partial charge in [-0.15, -0.1) is 0 Å². The molecule has 0 aliphatic carbocycles. The minimum absolute atomic E-state index is 0.00240. The van der Waals surface area contributed by atoms with Crippen molar-refractivity contribution in [1.29, 1.82) is 0 Å². The minimum atomic E-state index is -3.98. The van der Waals surface area contributed by atoms with E-state index in [1.165, 1.54) is 31.3 Å². The maximum Gasteiger partial charge on any atom is 0.341 e. The second-order valence-corrected chi connectivity index (χ2v) is 8.90. The summed E-state index contributed by atoms with van der Waals surface area (Å²) in [6.45, 7) is 2.49. The number of Topliss-reactive ketones (excluding diaryl/α,β-unsaturated/α-hetero) is 1. The van der Waals surface area contributed by atoms with Crippen LogP contribution in [-0.4, -0.2) is 35.9 Å². The number of carboxylic acid groups (broad SMARTS) is 1. The summed E-state index contributed by atoms with van der Waals surface area (Å²) in [5, 5.41) is 9.24. The second kappa shape index (κ2) is 7.40. The lowest BCUT2D eigenvalue weighted by atomic mass is 10.1. The summed E-state index contributed by atoms with van der Waals surface area (Å²) in [5.41, 5.74) is 1.17. The molecule has 28 heavy (non-hydrogen) atoms. The molecule has 1 N–H and O–H groups in total. The summed E-state index contributed by atoms with van der Waals surface area (Å²) in [6, 6.07) is 9.20. The first-order chi connectivity index (χ1) is 13.1. The summed E-state index contributed by atoms with van der Waals surface area (Å²) in [4.78, 5) is 22.6. The standard InChI is InChI=1S/C19H16BrNO6S/c1-11-7-14(4-6-18(11)27-10-19(23)24)28(25,26)21-9-16(12(2)22)15-8-13(20)3-5-17(15)21/h3-9H,10H2,1-2H3,(H,23,24). The fraction of sp³-hybridized carbons (Fsp3) is 0.158. The van der Waals surface area contributed by atoms with Gasteiger partial charge in [-0.25, -0.2) is 17.2 Å². The summed E-state index contributed by atoms with van der Waals surface area (Å²) >= 11 is 3.34. The summed E-state index contributed by atoms with van der Waals surface area (Å²) in [6.07, 6.45) is 1.32. The van der Waals surface area contributed by atoms with Crippen molar-refractivity contribution < 1.29 is 27.9 Å². The van der Waals surface area contributed by atoms with Gasteiger partial charge in [0.15, 0.2) is 12.4 Å². The first kappa shape index (κ1) is 20.1. The molecule has 3 aromatic rings. The van der Waals surface area contributed by atoms with Crippen molar-refractivity contribution in [2.45, 2.75) is 18.7 Å². The third-order valence-corrected chi connectivity index (χ3v) is 6.33. The van der Waals surface area contributed by atoms with E-state index in [9.17, 15) is 18.0 Å². The zero-order valence-corrected chi connectivity index (χ0v) is 17.4. The van der Waals surface area contributed by atoms with Gasteiger partial charge in [-0.05, 0) is 55.8 Å². The van der Waals surface area contributed by atoms with E-state index in [0.717, 1.165) is 8.45 Å². The molecule has 0 saturated carbocycles. The zero-order chi connectivity index (χ0) is 20.6. The van der Waals surface area contributed by atoms with E-state index < -0.39 is 22.6 Å². The number of aliphatic carboxylic acids is 1. The molecule has 7 nitrogen and oxygen atoms in total. The highest BCUT2D eigenvalue weighted by Crippen LogP contribution is 2.30. The molecule has 0 atom stereocenters. The van der Waals surface area contributed by atoms with Crippen LogP contribution in [0, 0.1) is 6.92 Å². The van der Waals surface area contributed by atoms with Gasteiger partial charge in [0.25, 0.3) is 10.0 Å². The molecule has 0 unspecified atom stereocenters. The van der Waals surface area contributed by atoms with E-state index in [-0.39, 0.29) is 16.4 Å². The number of rotatable bonds is 6. The number of aromatic nitrogens is 1. The van der Waals surface area contributed by atoms with Gasteiger partial charge in [0.05, 0.1) is 10.4 Å². The molecule has 146 valence electrons. The van der Waals surface area contributed by atoms with Crippen LogP contribution in [0.1, 0.15) is 22.8 Å². The molecule has 9 heteroatoms. The molecular weight excluding hydrogens is 450 g/mol. The van der Waals surface area contributed by atoms with Crippen LogP contribution in [0.2, 0.25) is 0 Å². The maximum absolute atomic E-state index is 13.2. The van der Waals surface area contributed by atoms with Crippen LogP contribution >= 0.6 is 15.9 Å². The van der Waals surface area contributed by atoms with Gasteiger partial charge in [0.1, 0.15) is 5.75 Å². The van der Waals surface area contributed by atoms with E-state index in [0.29, 0.717) is 22.0 Å². The number of benzene rings is 2. The average Bonchev–Trinajstić information content (AvgIpc) is 3.00. The number of aryl methyl sites for hydroxylation is 1. The lowest BCUT2D eigenvalue weighted by molar-refractivity contribution is -0.139. The quantitative estimate of drug-likeness (QED) is 0.557. The Morgan fingerprint density at radius 3 is 2.50 bits per heavy atom. The maximum atomic E-state index is 13.2. The van der Waals surface area contributed by atoms with Crippen molar-refractivity contribution in [1.82, 2.24) is 3.97 Å². The molecule has 0 bridgehead atoms. The molecule has 1 heterocycles. The highest BCUT2D eigenvalue weighted by atomic mass is 79.9. The van der Waals surface area contributed by atoms with E-state index in [4.69, 9.17) is 9.84 Å². The first-order valence-corrected chi connectivity index (χ1v) is 10.4. The van der Waals surface area contributed by atoms with Crippen LogP contribution in [-0.2, 0) is 14.8 Å². The zero-order valence-electron chi connectivity index (χ0n) is 15.0. The number of ether oxygens (including phenoxy) is 1. The molecule has 2 aromatic carbocycles. The molecule has 0 aliphatic heterocycles. The third kappa shape index (κ3) is 3.67. The van der Waals surface area contributed by atoms with Crippen molar-refractivity contribution in [2.75, 3.05) is 6.61 Å². The smallest absolute Gasteiger partial charge is 0.341 e. The lowest BCUT2D eigenvalue weighted by Crippen LogP contribution is -2.13. The minimum Gasteiger partial charge on any atom is -0.482 e. The van der Waals surface area contributed by atoms with E-state index in [1.54, 1.807) is 25.1 Å². The predicted octanol–water partition coefficient (Wildman–Crippen LogP) is 3.62. The van der Waals surface area contributed by atoms with Gasteiger partial charge >= 0.3 is 5.97 Å². The van der Waals surface area contributed by atoms with Crippen LogP contribution in [0.25, 0.3) is 10.9 Å². The molecule has 1 aromatic heterocycles. The van der Waals surface area contributed by atoms with Crippen molar-refractivity contribution in [3.8, 4) is 5.75 Å². The number of carboxylic acids is 1. The molecule has 0 radical (unpaired) electrons. The van der Waals surface area contributed by atoms with Gasteiger partial charge < -0.3 is 9.84 Å². The van der Waals surface area contributed by atoms with Gasteiger partial charge in [-0.3, -0.25) is 4.79 Å². The summed E-state index contributed by atoms with van der Waals surface area (Å²) in [5.74, 6) is -1.09. The van der Waals surface area contributed by atoms with Crippen LogP contribution in [0.5, 0.6) is 5.75 Å². The van der Waals surface area contributed by atoms with Crippen molar-refractivity contribution >= 4 is 48.6 Å². The van der Waals surface area contributed by atoms with Crippen molar-refractivity contribution in [3.63, 3.8) is 0 Å². The Balaban J connectivity index is 2.12. The monoisotopic (exact) mass is 465 g/mol. The summed E-state index contributed by atoms with van der Waals surface area (Å²) < 4.78 is 33.4. The van der Waals surface area contributed by atoms with E-state index in [1.807, 2.05) is 0 Å². The van der Waals surface area contributed by atoms with Crippen LogP contribution in [0.15, 0.2) is 52.0 Å². The highest BCUT2D eigenvalue weighted by Gasteiger charge is 2.23. The first-order valence-electron chi connectivity index (χ1n) is 8.13. The Hall–Kier alpha value is -2.65. The van der Waals surface area contributed by atoms with Crippen LogP contribution < -0.4 is 4.74 Å². The Labute approximate surface area is 169 Å². The molecule has 3 rings (SSSR count). The molecule has 0 amide bonds. The van der Waals surface area contributed by atoms with Crippen molar-refractivity contribution in [2.24, 2.45) is 0 Å². The third-order valence-electron chi connectivity index (χ3n) is 4.17. The number of nitrogens with zero attached hydrogens (tertiary/aromatic N) is 1. The molecule has 0 spiro atoms. The number of hydrogen-bond acceptors (Lipinski definition) is 5. The van der Waals surface area contributed by atoms with Crippen LogP contribution in [0.3, 0.4) is 0 Å². The number of carbonyl (C=O) groups excluding carboxylic acids is 1. The number of halogens is 1. The Kier molecular flexibility index (Phi) is 5.31.